The molecular formula is C15H18F2N2O. The van der Waals surface area contributed by atoms with E-state index in [4.69, 9.17) is 4.42 Å². The number of hydrogen-bond donors (Lipinski definition) is 1. The number of nitrogens with zero attached hydrogens (tertiary/aromatic N) is 1. The van der Waals surface area contributed by atoms with Gasteiger partial charge in [0.25, 0.3) is 0 Å². The average Bonchev–Trinajstić information content (AvgIpc) is 2.80. The molecule has 0 radical (unpaired) electrons. The van der Waals surface area contributed by atoms with Gasteiger partial charge in [0.15, 0.2) is 0 Å². The van der Waals surface area contributed by atoms with Crippen molar-refractivity contribution < 1.29 is 13.2 Å². The standard InChI is InChI=1S/C15H18F2N2O/c1-9-5-6-11(16)12(13(9)17)14-19-10(8-20-14)7-18-15(2,3)4/h5-6,8,18H,7H2,1-4H3. The maximum absolute atomic E-state index is 14.0. The summed E-state index contributed by atoms with van der Waals surface area (Å²) >= 11 is 0. The predicted octanol–water partition coefficient (Wildman–Crippen LogP) is 3.82. The maximum Gasteiger partial charge on any atom is 0.232 e. The van der Waals surface area contributed by atoms with Gasteiger partial charge in [0.2, 0.25) is 5.89 Å². The van der Waals surface area contributed by atoms with E-state index in [9.17, 15) is 8.78 Å². The van der Waals surface area contributed by atoms with E-state index in [-0.39, 0.29) is 17.0 Å². The van der Waals surface area contributed by atoms with Gasteiger partial charge in [-0.3, -0.25) is 0 Å². The zero-order chi connectivity index (χ0) is 14.9. The number of nitrogens with one attached hydrogen (secondary N) is 1. The summed E-state index contributed by atoms with van der Waals surface area (Å²) in [5, 5.41) is 3.23. The fourth-order valence-corrected chi connectivity index (χ4v) is 1.71. The Kier molecular flexibility index (Phi) is 3.90. The molecule has 0 amide bonds. The topological polar surface area (TPSA) is 38.1 Å². The monoisotopic (exact) mass is 280 g/mol. The van der Waals surface area contributed by atoms with Crippen LogP contribution in [-0.4, -0.2) is 10.5 Å². The van der Waals surface area contributed by atoms with Crippen molar-refractivity contribution in [2.45, 2.75) is 39.8 Å². The summed E-state index contributed by atoms with van der Waals surface area (Å²) in [7, 11) is 0. The summed E-state index contributed by atoms with van der Waals surface area (Å²) in [6, 6.07) is 2.60. The van der Waals surface area contributed by atoms with E-state index in [0.29, 0.717) is 17.8 Å². The highest BCUT2D eigenvalue weighted by atomic mass is 19.1. The Bertz CT molecular complexity index is 615. The lowest BCUT2D eigenvalue weighted by atomic mass is 10.1. The molecule has 1 N–H and O–H groups in total. The second-order valence-corrected chi connectivity index (χ2v) is 5.80. The van der Waals surface area contributed by atoms with Crippen molar-refractivity contribution in [2.75, 3.05) is 0 Å². The predicted molar refractivity (Wildman–Crippen MR) is 73.2 cm³/mol. The molecule has 2 aromatic rings. The van der Waals surface area contributed by atoms with Crippen LogP contribution >= 0.6 is 0 Å². The molecule has 0 aliphatic heterocycles. The Morgan fingerprint density at radius 3 is 2.60 bits per heavy atom. The van der Waals surface area contributed by atoms with Gasteiger partial charge in [-0.25, -0.2) is 13.8 Å². The lowest BCUT2D eigenvalue weighted by Crippen LogP contribution is -2.35. The Labute approximate surface area is 117 Å². The van der Waals surface area contributed by atoms with Crippen LogP contribution in [0.1, 0.15) is 32.0 Å². The maximum atomic E-state index is 14.0. The molecule has 1 aromatic carbocycles. The van der Waals surface area contributed by atoms with Gasteiger partial charge in [-0.1, -0.05) is 6.07 Å². The minimum Gasteiger partial charge on any atom is -0.444 e. The van der Waals surface area contributed by atoms with Crippen LogP contribution in [0.5, 0.6) is 0 Å². The highest BCUT2D eigenvalue weighted by Crippen LogP contribution is 2.27. The molecule has 0 bridgehead atoms. The Hall–Kier alpha value is -1.75. The molecular weight excluding hydrogens is 262 g/mol. The Balaban J connectivity index is 2.28. The van der Waals surface area contributed by atoms with E-state index in [1.807, 2.05) is 20.8 Å². The van der Waals surface area contributed by atoms with Crippen molar-refractivity contribution >= 4 is 0 Å². The van der Waals surface area contributed by atoms with Crippen molar-refractivity contribution in [2.24, 2.45) is 0 Å². The van der Waals surface area contributed by atoms with Gasteiger partial charge in [0, 0.05) is 12.1 Å². The molecule has 5 heteroatoms. The first-order valence-corrected chi connectivity index (χ1v) is 6.42. The molecule has 2 rings (SSSR count). The average molecular weight is 280 g/mol. The normalized spacial score (nSPS) is 11.9. The summed E-state index contributed by atoms with van der Waals surface area (Å²) in [6.07, 6.45) is 1.41. The van der Waals surface area contributed by atoms with Gasteiger partial charge >= 0.3 is 0 Å². The van der Waals surface area contributed by atoms with Crippen molar-refractivity contribution in [3.63, 3.8) is 0 Å². The largest absolute Gasteiger partial charge is 0.444 e. The second kappa shape index (κ2) is 5.32. The Morgan fingerprint density at radius 2 is 1.95 bits per heavy atom. The molecule has 3 nitrogen and oxygen atoms in total. The number of benzene rings is 1. The number of aromatic nitrogens is 1. The summed E-state index contributed by atoms with van der Waals surface area (Å²) in [5.74, 6) is -1.35. The highest BCUT2D eigenvalue weighted by Gasteiger charge is 2.19. The van der Waals surface area contributed by atoms with E-state index in [0.717, 1.165) is 0 Å². The first kappa shape index (κ1) is 14.7. The molecule has 0 saturated carbocycles. The highest BCUT2D eigenvalue weighted by molar-refractivity contribution is 5.56. The molecule has 0 spiro atoms. The first-order valence-electron chi connectivity index (χ1n) is 6.42. The van der Waals surface area contributed by atoms with Crippen LogP contribution in [0.3, 0.4) is 0 Å². The molecule has 1 heterocycles. The van der Waals surface area contributed by atoms with E-state index >= 15 is 0 Å². The van der Waals surface area contributed by atoms with Gasteiger partial charge in [-0.2, -0.15) is 0 Å². The van der Waals surface area contributed by atoms with E-state index in [1.165, 1.54) is 18.4 Å². The van der Waals surface area contributed by atoms with Gasteiger partial charge in [0.05, 0.1) is 5.69 Å². The van der Waals surface area contributed by atoms with Crippen LogP contribution in [0.15, 0.2) is 22.8 Å². The second-order valence-electron chi connectivity index (χ2n) is 5.80. The zero-order valence-corrected chi connectivity index (χ0v) is 12.1. The van der Waals surface area contributed by atoms with Crippen LogP contribution < -0.4 is 5.32 Å². The molecule has 0 fully saturated rings. The third kappa shape index (κ3) is 3.22. The van der Waals surface area contributed by atoms with E-state index in [1.54, 1.807) is 6.92 Å². The number of rotatable bonds is 3. The van der Waals surface area contributed by atoms with Crippen LogP contribution in [0.25, 0.3) is 11.5 Å². The summed E-state index contributed by atoms with van der Waals surface area (Å²) < 4.78 is 32.9. The lowest BCUT2D eigenvalue weighted by molar-refractivity contribution is 0.421. The van der Waals surface area contributed by atoms with Crippen LogP contribution in [0, 0.1) is 18.6 Å². The molecule has 0 aliphatic carbocycles. The Morgan fingerprint density at radius 1 is 1.25 bits per heavy atom. The molecule has 20 heavy (non-hydrogen) atoms. The number of oxazole rings is 1. The van der Waals surface area contributed by atoms with Crippen molar-refractivity contribution in [1.29, 1.82) is 0 Å². The summed E-state index contributed by atoms with van der Waals surface area (Å²) in [6.45, 7) is 8.11. The van der Waals surface area contributed by atoms with Gasteiger partial charge in [-0.05, 0) is 39.3 Å². The van der Waals surface area contributed by atoms with Crippen molar-refractivity contribution in [1.82, 2.24) is 10.3 Å². The fourth-order valence-electron chi connectivity index (χ4n) is 1.71. The number of hydrogen-bond acceptors (Lipinski definition) is 3. The number of halogens is 2. The summed E-state index contributed by atoms with van der Waals surface area (Å²) in [5.41, 5.74) is 0.676. The zero-order valence-electron chi connectivity index (χ0n) is 12.1. The fraction of sp³-hybridized carbons (Fsp3) is 0.400. The molecule has 0 aliphatic rings. The molecule has 0 saturated heterocycles. The quantitative estimate of drug-likeness (QED) is 0.929. The number of aryl methyl sites for hydroxylation is 1. The minimum atomic E-state index is -0.676. The third-order valence-corrected chi connectivity index (χ3v) is 2.85. The van der Waals surface area contributed by atoms with Crippen LogP contribution in [0.4, 0.5) is 8.78 Å². The lowest BCUT2D eigenvalue weighted by Gasteiger charge is -2.19. The molecule has 0 atom stereocenters. The van der Waals surface area contributed by atoms with Crippen LogP contribution in [0.2, 0.25) is 0 Å². The van der Waals surface area contributed by atoms with E-state index in [2.05, 4.69) is 10.3 Å². The first-order chi connectivity index (χ1) is 9.28. The summed E-state index contributed by atoms with van der Waals surface area (Å²) in [4.78, 5) is 4.14. The smallest absolute Gasteiger partial charge is 0.232 e. The van der Waals surface area contributed by atoms with Gasteiger partial charge in [-0.15, -0.1) is 0 Å². The minimum absolute atomic E-state index is 0.0330. The molecule has 1 aromatic heterocycles. The SMILES string of the molecule is Cc1ccc(F)c(-c2nc(CNC(C)(C)C)co2)c1F. The van der Waals surface area contributed by atoms with E-state index < -0.39 is 11.6 Å². The van der Waals surface area contributed by atoms with Crippen molar-refractivity contribution in [3.8, 4) is 11.5 Å². The third-order valence-electron chi connectivity index (χ3n) is 2.85. The molecule has 108 valence electrons. The molecule has 0 unspecified atom stereocenters. The van der Waals surface area contributed by atoms with Gasteiger partial charge in [0.1, 0.15) is 23.5 Å². The van der Waals surface area contributed by atoms with Crippen molar-refractivity contribution in [3.05, 3.63) is 41.3 Å². The van der Waals surface area contributed by atoms with Crippen LogP contribution in [-0.2, 0) is 6.54 Å². The van der Waals surface area contributed by atoms with Gasteiger partial charge < -0.3 is 9.73 Å².